The van der Waals surface area contributed by atoms with Crippen molar-refractivity contribution in [3.63, 3.8) is 0 Å². The van der Waals surface area contributed by atoms with Crippen LogP contribution < -0.4 is 4.72 Å². The molecule has 1 fully saturated rings. The van der Waals surface area contributed by atoms with Gasteiger partial charge < -0.3 is 4.74 Å². The number of rotatable bonds is 5. The Morgan fingerprint density at radius 2 is 1.95 bits per heavy atom. The van der Waals surface area contributed by atoms with Gasteiger partial charge in [-0.15, -0.1) is 0 Å². The predicted octanol–water partition coefficient (Wildman–Crippen LogP) is 2.06. The van der Waals surface area contributed by atoms with Gasteiger partial charge in [-0.2, -0.15) is 0 Å². The Morgan fingerprint density at radius 1 is 1.29 bits per heavy atom. The third-order valence-electron chi connectivity index (χ3n) is 3.48. The summed E-state index contributed by atoms with van der Waals surface area (Å²) in [4.78, 5) is 2.34. The summed E-state index contributed by atoms with van der Waals surface area (Å²) in [6.45, 7) is 8.38. The molecule has 1 aromatic carbocycles. The predicted molar refractivity (Wildman–Crippen MR) is 84.8 cm³/mol. The first-order valence-electron chi connectivity index (χ1n) is 7.35. The van der Waals surface area contributed by atoms with Crippen molar-refractivity contribution in [1.29, 1.82) is 0 Å². The standard InChI is InChI=1S/C15H24N2O3S/c1-4-21(18,19)16-15-7-5-6-14(8-15)11-17-9-12(2)20-13(3)10-17/h5-8,12-13,16H,4,9-11H2,1-3H3. The third kappa shape index (κ3) is 4.98. The molecule has 0 saturated carbocycles. The lowest BCUT2D eigenvalue weighted by Gasteiger charge is -2.35. The van der Waals surface area contributed by atoms with Crippen molar-refractivity contribution in [2.24, 2.45) is 0 Å². The highest BCUT2D eigenvalue weighted by Gasteiger charge is 2.22. The number of ether oxygens (including phenoxy) is 1. The number of nitrogens with one attached hydrogen (secondary N) is 1. The van der Waals surface area contributed by atoms with Gasteiger partial charge in [0, 0.05) is 25.3 Å². The molecule has 0 amide bonds. The van der Waals surface area contributed by atoms with E-state index < -0.39 is 10.0 Å². The van der Waals surface area contributed by atoms with E-state index in [0.29, 0.717) is 5.69 Å². The number of benzene rings is 1. The quantitative estimate of drug-likeness (QED) is 0.904. The molecule has 1 aromatic rings. The number of morpholine rings is 1. The Balaban J connectivity index is 2.04. The van der Waals surface area contributed by atoms with Crippen LogP contribution in [0.1, 0.15) is 26.3 Å². The van der Waals surface area contributed by atoms with Gasteiger partial charge in [-0.05, 0) is 38.5 Å². The molecular weight excluding hydrogens is 288 g/mol. The van der Waals surface area contributed by atoms with Crippen molar-refractivity contribution in [3.8, 4) is 0 Å². The number of hydrogen-bond donors (Lipinski definition) is 1. The van der Waals surface area contributed by atoms with E-state index in [1.54, 1.807) is 13.0 Å². The molecule has 0 spiro atoms. The highest BCUT2D eigenvalue weighted by Crippen LogP contribution is 2.17. The lowest BCUT2D eigenvalue weighted by Crippen LogP contribution is -2.44. The van der Waals surface area contributed by atoms with Gasteiger partial charge in [0.1, 0.15) is 0 Å². The molecular formula is C15H24N2O3S. The molecule has 2 atom stereocenters. The average molecular weight is 312 g/mol. The number of sulfonamides is 1. The first kappa shape index (κ1) is 16.3. The van der Waals surface area contributed by atoms with Crippen LogP contribution in [0, 0.1) is 0 Å². The summed E-state index contributed by atoms with van der Waals surface area (Å²) < 4.78 is 31.6. The van der Waals surface area contributed by atoms with Gasteiger partial charge in [0.25, 0.3) is 0 Å². The Bertz CT molecular complexity index is 564. The molecule has 0 aromatic heterocycles. The van der Waals surface area contributed by atoms with E-state index in [1.807, 2.05) is 18.2 Å². The SMILES string of the molecule is CCS(=O)(=O)Nc1cccc(CN2CC(C)OC(C)C2)c1. The van der Waals surface area contributed by atoms with Crippen LogP contribution in [0.15, 0.2) is 24.3 Å². The largest absolute Gasteiger partial charge is 0.373 e. The molecule has 1 heterocycles. The van der Waals surface area contributed by atoms with E-state index in [0.717, 1.165) is 25.2 Å². The Hall–Kier alpha value is -1.11. The molecule has 5 nitrogen and oxygen atoms in total. The molecule has 2 rings (SSSR count). The lowest BCUT2D eigenvalue weighted by atomic mass is 10.1. The smallest absolute Gasteiger partial charge is 0.232 e. The fourth-order valence-electron chi connectivity index (χ4n) is 2.66. The summed E-state index contributed by atoms with van der Waals surface area (Å²) in [6.07, 6.45) is 0.464. The van der Waals surface area contributed by atoms with Crippen molar-refractivity contribution >= 4 is 15.7 Å². The van der Waals surface area contributed by atoms with Crippen LogP contribution in [0.3, 0.4) is 0 Å². The molecule has 0 aliphatic carbocycles. The molecule has 2 unspecified atom stereocenters. The van der Waals surface area contributed by atoms with Crippen LogP contribution in [0.25, 0.3) is 0 Å². The third-order valence-corrected chi connectivity index (χ3v) is 4.79. The van der Waals surface area contributed by atoms with E-state index >= 15 is 0 Å². The van der Waals surface area contributed by atoms with E-state index in [9.17, 15) is 8.42 Å². The van der Waals surface area contributed by atoms with Crippen molar-refractivity contribution in [3.05, 3.63) is 29.8 Å². The summed E-state index contributed by atoms with van der Waals surface area (Å²) in [5.74, 6) is 0.0791. The molecule has 0 bridgehead atoms. The van der Waals surface area contributed by atoms with Crippen LogP contribution in [-0.2, 0) is 21.3 Å². The summed E-state index contributed by atoms with van der Waals surface area (Å²) in [7, 11) is -3.22. The maximum Gasteiger partial charge on any atom is 0.232 e. The van der Waals surface area contributed by atoms with Gasteiger partial charge in [0.2, 0.25) is 10.0 Å². The van der Waals surface area contributed by atoms with E-state index in [1.165, 1.54) is 0 Å². The minimum Gasteiger partial charge on any atom is -0.373 e. The van der Waals surface area contributed by atoms with Crippen LogP contribution >= 0.6 is 0 Å². The van der Waals surface area contributed by atoms with Gasteiger partial charge in [-0.25, -0.2) is 8.42 Å². The van der Waals surface area contributed by atoms with Crippen molar-refractivity contribution in [2.75, 3.05) is 23.6 Å². The second kappa shape index (κ2) is 6.77. The monoisotopic (exact) mass is 312 g/mol. The van der Waals surface area contributed by atoms with Gasteiger partial charge >= 0.3 is 0 Å². The first-order chi connectivity index (χ1) is 9.88. The van der Waals surface area contributed by atoms with Gasteiger partial charge in [0.05, 0.1) is 18.0 Å². The Kier molecular flexibility index (Phi) is 5.24. The van der Waals surface area contributed by atoms with Crippen LogP contribution in [0.2, 0.25) is 0 Å². The zero-order chi connectivity index (χ0) is 15.5. The van der Waals surface area contributed by atoms with Crippen LogP contribution in [0.5, 0.6) is 0 Å². The maximum atomic E-state index is 11.6. The van der Waals surface area contributed by atoms with Crippen molar-refractivity contribution in [2.45, 2.75) is 39.5 Å². The van der Waals surface area contributed by atoms with E-state index in [-0.39, 0.29) is 18.0 Å². The van der Waals surface area contributed by atoms with E-state index in [2.05, 4.69) is 23.5 Å². The molecule has 0 radical (unpaired) electrons. The minimum absolute atomic E-state index is 0.0791. The van der Waals surface area contributed by atoms with E-state index in [4.69, 9.17) is 4.74 Å². The number of nitrogens with zero attached hydrogens (tertiary/aromatic N) is 1. The highest BCUT2D eigenvalue weighted by molar-refractivity contribution is 7.92. The zero-order valence-electron chi connectivity index (χ0n) is 12.9. The van der Waals surface area contributed by atoms with Crippen molar-refractivity contribution in [1.82, 2.24) is 4.90 Å². The topological polar surface area (TPSA) is 58.6 Å². The lowest BCUT2D eigenvalue weighted by molar-refractivity contribution is -0.0704. The fraction of sp³-hybridized carbons (Fsp3) is 0.600. The molecule has 21 heavy (non-hydrogen) atoms. The Morgan fingerprint density at radius 3 is 2.57 bits per heavy atom. The molecule has 6 heteroatoms. The minimum atomic E-state index is -3.22. The second-order valence-corrected chi connectivity index (χ2v) is 7.67. The zero-order valence-corrected chi connectivity index (χ0v) is 13.7. The fourth-order valence-corrected chi connectivity index (χ4v) is 3.29. The molecule has 1 aliphatic heterocycles. The highest BCUT2D eigenvalue weighted by atomic mass is 32.2. The normalized spacial score (nSPS) is 24.0. The second-order valence-electron chi connectivity index (χ2n) is 5.66. The van der Waals surface area contributed by atoms with Gasteiger partial charge in [-0.3, -0.25) is 9.62 Å². The summed E-state index contributed by atoms with van der Waals surface area (Å²) in [6, 6.07) is 7.59. The summed E-state index contributed by atoms with van der Waals surface area (Å²) in [5, 5.41) is 0. The van der Waals surface area contributed by atoms with Crippen LogP contribution in [-0.4, -0.2) is 44.4 Å². The average Bonchev–Trinajstić information content (AvgIpc) is 2.37. The summed E-state index contributed by atoms with van der Waals surface area (Å²) in [5.41, 5.74) is 1.73. The first-order valence-corrected chi connectivity index (χ1v) is 9.00. The maximum absolute atomic E-state index is 11.6. The van der Waals surface area contributed by atoms with Gasteiger partial charge in [0.15, 0.2) is 0 Å². The number of anilines is 1. The van der Waals surface area contributed by atoms with Crippen molar-refractivity contribution < 1.29 is 13.2 Å². The molecule has 1 saturated heterocycles. The molecule has 1 aliphatic rings. The Labute approximate surface area is 127 Å². The summed E-state index contributed by atoms with van der Waals surface area (Å²) >= 11 is 0. The van der Waals surface area contributed by atoms with Crippen LogP contribution in [0.4, 0.5) is 5.69 Å². The number of hydrogen-bond acceptors (Lipinski definition) is 4. The molecule has 118 valence electrons. The van der Waals surface area contributed by atoms with Gasteiger partial charge in [-0.1, -0.05) is 12.1 Å². The molecule has 1 N–H and O–H groups in total.